The SMILES string of the molecule is Cc1cc(C)c(S(=O)(=O)N[C@@H](C)CNc2cc(C)cc3c2cnn3-c2ccc(S(C)(=O)=O)cc2)c(C)c1. The van der Waals surface area contributed by atoms with E-state index in [0.29, 0.717) is 11.4 Å². The molecule has 0 saturated heterocycles. The maximum Gasteiger partial charge on any atom is 0.241 e. The van der Waals surface area contributed by atoms with Crippen LogP contribution in [-0.2, 0) is 19.9 Å². The van der Waals surface area contributed by atoms with Crippen molar-refractivity contribution in [3.05, 3.63) is 77.0 Å². The van der Waals surface area contributed by atoms with Crippen molar-refractivity contribution >= 4 is 36.5 Å². The average molecular weight is 541 g/mol. The van der Waals surface area contributed by atoms with Gasteiger partial charge in [0.15, 0.2) is 9.84 Å². The van der Waals surface area contributed by atoms with Crippen molar-refractivity contribution in [1.29, 1.82) is 0 Å². The van der Waals surface area contributed by atoms with Gasteiger partial charge >= 0.3 is 0 Å². The van der Waals surface area contributed by atoms with E-state index >= 15 is 0 Å². The van der Waals surface area contributed by atoms with Crippen LogP contribution in [0.2, 0.25) is 0 Å². The van der Waals surface area contributed by atoms with Crippen molar-refractivity contribution in [2.24, 2.45) is 0 Å². The molecular formula is C27H32N4O4S2. The third-order valence-corrected chi connectivity index (χ3v) is 9.19. The number of sulfone groups is 1. The van der Waals surface area contributed by atoms with Crippen LogP contribution in [0.3, 0.4) is 0 Å². The lowest BCUT2D eigenvalue weighted by Gasteiger charge is -2.19. The Hall–Kier alpha value is -3.21. The number of hydrogen-bond donors (Lipinski definition) is 2. The van der Waals surface area contributed by atoms with Gasteiger partial charge in [-0.25, -0.2) is 26.2 Å². The minimum absolute atomic E-state index is 0.249. The van der Waals surface area contributed by atoms with Crippen LogP contribution < -0.4 is 10.0 Å². The number of rotatable bonds is 8. The van der Waals surface area contributed by atoms with Gasteiger partial charge < -0.3 is 5.32 Å². The summed E-state index contributed by atoms with van der Waals surface area (Å²) >= 11 is 0. The van der Waals surface area contributed by atoms with Gasteiger partial charge in [0.25, 0.3) is 0 Å². The molecule has 0 amide bonds. The van der Waals surface area contributed by atoms with Crippen LogP contribution in [0.5, 0.6) is 0 Å². The number of nitrogens with one attached hydrogen (secondary N) is 2. The number of hydrogen-bond acceptors (Lipinski definition) is 6. The molecule has 4 aromatic rings. The minimum Gasteiger partial charge on any atom is -0.383 e. The molecule has 1 aromatic heterocycles. The van der Waals surface area contributed by atoms with Crippen LogP contribution in [0.15, 0.2) is 64.5 Å². The van der Waals surface area contributed by atoms with Gasteiger partial charge in [-0.2, -0.15) is 5.10 Å². The fourth-order valence-electron chi connectivity index (χ4n) is 4.67. The first-order valence-corrected chi connectivity index (χ1v) is 15.3. The molecule has 4 rings (SSSR count). The van der Waals surface area contributed by atoms with Crippen molar-refractivity contribution in [3.8, 4) is 5.69 Å². The molecule has 37 heavy (non-hydrogen) atoms. The first-order chi connectivity index (χ1) is 17.3. The lowest BCUT2D eigenvalue weighted by atomic mass is 10.1. The van der Waals surface area contributed by atoms with Crippen molar-refractivity contribution in [2.45, 2.75) is 50.5 Å². The van der Waals surface area contributed by atoms with Crippen LogP contribution in [0.25, 0.3) is 16.6 Å². The quantitative estimate of drug-likeness (QED) is 0.342. The highest BCUT2D eigenvalue weighted by Crippen LogP contribution is 2.28. The van der Waals surface area contributed by atoms with Crippen molar-refractivity contribution in [2.75, 3.05) is 18.1 Å². The van der Waals surface area contributed by atoms with Gasteiger partial charge in [0, 0.05) is 29.9 Å². The summed E-state index contributed by atoms with van der Waals surface area (Å²) in [4.78, 5) is 0.574. The fourth-order valence-corrected chi connectivity index (χ4v) is 7.00. The number of sulfonamides is 1. The highest BCUT2D eigenvalue weighted by atomic mass is 32.2. The Morgan fingerprint density at radius 3 is 2.08 bits per heavy atom. The van der Waals surface area contributed by atoms with Gasteiger partial charge in [-0.3, -0.25) is 0 Å². The highest BCUT2D eigenvalue weighted by molar-refractivity contribution is 7.90. The standard InChI is InChI=1S/C27H32N4O4S2/c1-17-11-19(3)27(20(4)12-17)37(34,35)30-21(5)15-28-25-13-18(2)14-26-24(25)16-29-31(26)22-7-9-23(10-8-22)36(6,32)33/h7-14,16,21,28,30H,15H2,1-6H3/t21-/m0/s1. The van der Waals surface area contributed by atoms with Crippen LogP contribution in [0.1, 0.15) is 29.2 Å². The van der Waals surface area contributed by atoms with Gasteiger partial charge in [-0.15, -0.1) is 0 Å². The number of benzene rings is 3. The van der Waals surface area contributed by atoms with Crippen molar-refractivity contribution in [1.82, 2.24) is 14.5 Å². The largest absolute Gasteiger partial charge is 0.383 e. The summed E-state index contributed by atoms with van der Waals surface area (Å²) in [5.74, 6) is 0. The average Bonchev–Trinajstić information content (AvgIpc) is 3.19. The summed E-state index contributed by atoms with van der Waals surface area (Å²) in [6.07, 6.45) is 2.92. The van der Waals surface area contributed by atoms with Crippen LogP contribution in [0.4, 0.5) is 5.69 Å². The fraction of sp³-hybridized carbons (Fsp3) is 0.296. The molecule has 2 N–H and O–H groups in total. The van der Waals surface area contributed by atoms with E-state index in [0.717, 1.165) is 44.5 Å². The molecule has 196 valence electrons. The summed E-state index contributed by atoms with van der Waals surface area (Å²) in [5.41, 5.74) is 5.91. The summed E-state index contributed by atoms with van der Waals surface area (Å²) in [7, 11) is -6.97. The Balaban J connectivity index is 1.56. The lowest BCUT2D eigenvalue weighted by Crippen LogP contribution is -2.38. The third-order valence-electron chi connectivity index (χ3n) is 6.17. The van der Waals surface area contributed by atoms with E-state index in [1.807, 2.05) is 58.9 Å². The van der Waals surface area contributed by atoms with Gasteiger partial charge in [0.05, 0.1) is 27.2 Å². The number of fused-ring (bicyclic) bond motifs is 1. The second kappa shape index (κ2) is 9.92. The Kier molecular flexibility index (Phi) is 7.20. The monoisotopic (exact) mass is 540 g/mol. The molecule has 0 aliphatic carbocycles. The molecule has 10 heteroatoms. The summed E-state index contributed by atoms with van der Waals surface area (Å²) < 4.78 is 54.4. The van der Waals surface area contributed by atoms with Crippen LogP contribution >= 0.6 is 0 Å². The van der Waals surface area contributed by atoms with Gasteiger partial charge in [-0.05, 0) is 87.7 Å². The maximum absolute atomic E-state index is 13.1. The number of anilines is 1. The Morgan fingerprint density at radius 2 is 1.49 bits per heavy atom. The molecule has 0 fully saturated rings. The highest BCUT2D eigenvalue weighted by Gasteiger charge is 2.22. The Bertz CT molecular complexity index is 1670. The van der Waals surface area contributed by atoms with E-state index < -0.39 is 19.9 Å². The van der Waals surface area contributed by atoms with E-state index in [2.05, 4.69) is 15.1 Å². The van der Waals surface area contributed by atoms with E-state index in [4.69, 9.17) is 0 Å². The first kappa shape index (κ1) is 26.8. The predicted molar refractivity (Wildman–Crippen MR) is 148 cm³/mol. The van der Waals surface area contributed by atoms with E-state index in [9.17, 15) is 16.8 Å². The number of nitrogens with zero attached hydrogens (tertiary/aromatic N) is 2. The summed E-state index contributed by atoms with van der Waals surface area (Å²) in [6.45, 7) is 9.75. The molecule has 0 saturated carbocycles. The van der Waals surface area contributed by atoms with E-state index in [1.54, 1.807) is 35.1 Å². The molecule has 8 nitrogen and oxygen atoms in total. The first-order valence-electron chi connectivity index (χ1n) is 11.9. The Morgan fingerprint density at radius 1 is 0.892 bits per heavy atom. The molecule has 1 heterocycles. The molecule has 0 spiro atoms. The summed E-state index contributed by atoms with van der Waals surface area (Å²) in [5, 5.41) is 8.78. The van der Waals surface area contributed by atoms with Gasteiger partial charge in [0.2, 0.25) is 10.0 Å². The van der Waals surface area contributed by atoms with Crippen LogP contribution in [-0.4, -0.2) is 45.5 Å². The zero-order valence-electron chi connectivity index (χ0n) is 21.8. The third kappa shape index (κ3) is 5.71. The van der Waals surface area contributed by atoms with E-state index in [1.165, 1.54) is 6.26 Å². The molecule has 0 radical (unpaired) electrons. The lowest BCUT2D eigenvalue weighted by molar-refractivity contribution is 0.564. The zero-order chi connectivity index (χ0) is 27.1. The zero-order valence-corrected chi connectivity index (χ0v) is 23.5. The molecule has 1 atom stereocenters. The number of aromatic nitrogens is 2. The normalized spacial score (nSPS) is 13.1. The minimum atomic E-state index is -3.69. The number of aryl methyl sites for hydroxylation is 4. The van der Waals surface area contributed by atoms with Gasteiger partial charge in [0.1, 0.15) is 0 Å². The molecule has 0 bridgehead atoms. The second-order valence-corrected chi connectivity index (χ2v) is 13.4. The molecular weight excluding hydrogens is 508 g/mol. The molecule has 0 unspecified atom stereocenters. The van der Waals surface area contributed by atoms with Crippen molar-refractivity contribution < 1.29 is 16.8 Å². The molecule has 0 aliphatic heterocycles. The predicted octanol–water partition coefficient (Wildman–Crippen LogP) is 4.44. The smallest absolute Gasteiger partial charge is 0.241 e. The Labute approximate surface area is 218 Å². The van der Waals surface area contributed by atoms with Crippen LogP contribution in [0, 0.1) is 27.7 Å². The molecule has 3 aromatic carbocycles. The second-order valence-electron chi connectivity index (χ2n) is 9.70. The topological polar surface area (TPSA) is 110 Å². The van der Waals surface area contributed by atoms with Crippen molar-refractivity contribution in [3.63, 3.8) is 0 Å². The van der Waals surface area contributed by atoms with E-state index in [-0.39, 0.29) is 10.9 Å². The van der Waals surface area contributed by atoms with Gasteiger partial charge in [-0.1, -0.05) is 17.7 Å². The molecule has 0 aliphatic rings. The summed E-state index contributed by atoms with van der Waals surface area (Å²) in [6, 6.07) is 14.0. The maximum atomic E-state index is 13.1.